The summed E-state index contributed by atoms with van der Waals surface area (Å²) in [6.45, 7) is 4.24. The Morgan fingerprint density at radius 3 is 2.64 bits per heavy atom. The summed E-state index contributed by atoms with van der Waals surface area (Å²) in [5, 5.41) is 3.92. The highest BCUT2D eigenvalue weighted by atomic mass is 32.1. The lowest BCUT2D eigenvalue weighted by atomic mass is 10.3. The van der Waals surface area contributed by atoms with Gasteiger partial charge in [0, 0.05) is 43.9 Å². The predicted octanol–water partition coefficient (Wildman–Crippen LogP) is 2.49. The molecule has 0 spiro atoms. The molecule has 0 atom stereocenters. The van der Waals surface area contributed by atoms with Gasteiger partial charge in [-0.15, -0.1) is 0 Å². The number of hydrogen-bond acceptors (Lipinski definition) is 8. The molecule has 3 aromatic heterocycles. The fourth-order valence-electron chi connectivity index (χ4n) is 2.69. The zero-order chi connectivity index (χ0) is 17.1. The molecule has 3 aromatic rings. The quantitative estimate of drug-likeness (QED) is 0.773. The van der Waals surface area contributed by atoms with Gasteiger partial charge in [0.15, 0.2) is 5.82 Å². The van der Waals surface area contributed by atoms with Gasteiger partial charge in [-0.3, -0.25) is 4.98 Å². The minimum Gasteiger partial charge on any atom is -0.368 e. The van der Waals surface area contributed by atoms with Gasteiger partial charge in [0.05, 0.1) is 11.9 Å². The van der Waals surface area contributed by atoms with E-state index in [-0.39, 0.29) is 0 Å². The van der Waals surface area contributed by atoms with E-state index in [0.717, 1.165) is 43.4 Å². The summed E-state index contributed by atoms with van der Waals surface area (Å²) in [5.41, 5.74) is 1.93. The van der Waals surface area contributed by atoms with Crippen LogP contribution in [0.4, 0.5) is 16.6 Å². The summed E-state index contributed by atoms with van der Waals surface area (Å²) in [6, 6.07) is 9.78. The molecule has 0 amide bonds. The summed E-state index contributed by atoms with van der Waals surface area (Å²) in [5.74, 6) is 1.39. The van der Waals surface area contributed by atoms with Crippen LogP contribution in [0, 0.1) is 0 Å². The Morgan fingerprint density at radius 1 is 1.04 bits per heavy atom. The van der Waals surface area contributed by atoms with E-state index in [1.165, 1.54) is 11.5 Å². The molecule has 1 aliphatic rings. The van der Waals surface area contributed by atoms with E-state index < -0.39 is 0 Å². The molecule has 4 rings (SSSR count). The Kier molecular flexibility index (Phi) is 4.53. The Balaban J connectivity index is 1.42. The topological polar surface area (TPSA) is 70.1 Å². The number of hydrogen-bond donors (Lipinski definition) is 1. The van der Waals surface area contributed by atoms with Crippen LogP contribution in [0.1, 0.15) is 0 Å². The minimum absolute atomic E-state index is 0.627. The average Bonchev–Trinajstić information content (AvgIpc) is 3.12. The first-order valence-electron chi connectivity index (χ1n) is 8.19. The van der Waals surface area contributed by atoms with Gasteiger partial charge in [0.25, 0.3) is 0 Å². The third-order valence-electron chi connectivity index (χ3n) is 4.17. The van der Waals surface area contributed by atoms with E-state index in [4.69, 9.17) is 0 Å². The summed E-state index contributed by atoms with van der Waals surface area (Å²) in [6.07, 6.45) is 3.65. The van der Waals surface area contributed by atoms with Crippen LogP contribution in [0.5, 0.6) is 0 Å². The number of piperazine rings is 1. The summed E-state index contributed by atoms with van der Waals surface area (Å²) in [4.78, 5) is 18.0. The number of nitrogens with one attached hydrogen (secondary N) is 1. The van der Waals surface area contributed by atoms with E-state index in [1.54, 1.807) is 6.20 Å². The number of anilines is 3. The van der Waals surface area contributed by atoms with Gasteiger partial charge in [0.2, 0.25) is 5.13 Å². The molecule has 8 heteroatoms. The fraction of sp³-hybridized carbons (Fsp3) is 0.294. The molecule has 1 aliphatic heterocycles. The van der Waals surface area contributed by atoms with Crippen molar-refractivity contribution < 1.29 is 0 Å². The number of rotatable bonds is 4. The van der Waals surface area contributed by atoms with Crippen LogP contribution in [0.25, 0.3) is 11.5 Å². The molecule has 25 heavy (non-hydrogen) atoms. The van der Waals surface area contributed by atoms with Gasteiger partial charge in [-0.2, -0.15) is 9.36 Å². The van der Waals surface area contributed by atoms with Crippen LogP contribution >= 0.6 is 11.5 Å². The van der Waals surface area contributed by atoms with Crippen molar-refractivity contribution in [3.8, 4) is 11.5 Å². The van der Waals surface area contributed by atoms with Gasteiger partial charge in [-0.1, -0.05) is 6.07 Å². The van der Waals surface area contributed by atoms with Crippen molar-refractivity contribution in [2.24, 2.45) is 0 Å². The second-order valence-corrected chi connectivity index (χ2v) is 6.71. The van der Waals surface area contributed by atoms with Gasteiger partial charge in [-0.05, 0) is 31.3 Å². The molecular formula is C17H19N7S. The van der Waals surface area contributed by atoms with Crippen molar-refractivity contribution in [3.63, 3.8) is 0 Å². The fourth-order valence-corrected chi connectivity index (χ4v) is 3.28. The highest BCUT2D eigenvalue weighted by Crippen LogP contribution is 2.23. The Labute approximate surface area is 150 Å². The molecule has 0 saturated carbocycles. The van der Waals surface area contributed by atoms with Crippen LogP contribution in [0.15, 0.2) is 42.7 Å². The molecular weight excluding hydrogens is 334 g/mol. The zero-order valence-electron chi connectivity index (χ0n) is 14.0. The number of aromatic nitrogens is 4. The number of nitrogens with zero attached hydrogens (tertiary/aromatic N) is 6. The van der Waals surface area contributed by atoms with Crippen molar-refractivity contribution in [3.05, 3.63) is 42.7 Å². The maximum Gasteiger partial charge on any atom is 0.208 e. The average molecular weight is 353 g/mol. The normalized spacial score (nSPS) is 15.3. The van der Waals surface area contributed by atoms with Crippen molar-refractivity contribution >= 4 is 28.2 Å². The van der Waals surface area contributed by atoms with Crippen molar-refractivity contribution in [1.29, 1.82) is 0 Å². The van der Waals surface area contributed by atoms with Crippen molar-refractivity contribution in [2.75, 3.05) is 43.4 Å². The van der Waals surface area contributed by atoms with E-state index in [0.29, 0.717) is 11.0 Å². The summed E-state index contributed by atoms with van der Waals surface area (Å²) in [7, 11) is 2.16. The van der Waals surface area contributed by atoms with E-state index in [9.17, 15) is 0 Å². The van der Waals surface area contributed by atoms with Crippen molar-refractivity contribution in [1.82, 2.24) is 24.2 Å². The summed E-state index contributed by atoms with van der Waals surface area (Å²) < 4.78 is 4.35. The molecule has 0 radical (unpaired) electrons. The van der Waals surface area contributed by atoms with Gasteiger partial charge in [-0.25, -0.2) is 4.98 Å². The standard InChI is InChI=1S/C17H19N7S/c1-23-8-10-24(11-9-23)13-5-6-15(19-12-13)20-17-21-16(22-25-17)14-4-2-3-7-18-14/h2-7,12H,8-11H2,1H3,(H,19,20,21,22). The minimum atomic E-state index is 0.627. The highest BCUT2D eigenvalue weighted by molar-refractivity contribution is 7.09. The van der Waals surface area contributed by atoms with Crippen LogP contribution in [-0.4, -0.2) is 57.5 Å². The maximum absolute atomic E-state index is 4.51. The Hall–Kier alpha value is -2.58. The first-order valence-corrected chi connectivity index (χ1v) is 8.97. The van der Waals surface area contributed by atoms with Gasteiger partial charge >= 0.3 is 0 Å². The lowest BCUT2D eigenvalue weighted by Crippen LogP contribution is -2.44. The second-order valence-electron chi connectivity index (χ2n) is 5.96. The largest absolute Gasteiger partial charge is 0.368 e. The van der Waals surface area contributed by atoms with E-state index in [2.05, 4.69) is 47.6 Å². The van der Waals surface area contributed by atoms with Crippen LogP contribution < -0.4 is 10.2 Å². The smallest absolute Gasteiger partial charge is 0.208 e. The molecule has 0 aliphatic carbocycles. The first-order chi connectivity index (χ1) is 12.3. The molecule has 1 saturated heterocycles. The maximum atomic E-state index is 4.51. The molecule has 0 aromatic carbocycles. The Morgan fingerprint density at radius 2 is 1.92 bits per heavy atom. The molecule has 1 N–H and O–H groups in total. The third-order valence-corrected chi connectivity index (χ3v) is 4.80. The highest BCUT2D eigenvalue weighted by Gasteiger charge is 2.14. The molecule has 128 valence electrons. The third kappa shape index (κ3) is 3.75. The molecule has 1 fully saturated rings. The second kappa shape index (κ2) is 7.12. The zero-order valence-corrected chi connectivity index (χ0v) is 14.8. The monoisotopic (exact) mass is 353 g/mol. The van der Waals surface area contributed by atoms with E-state index in [1.807, 2.05) is 30.5 Å². The molecule has 7 nitrogen and oxygen atoms in total. The van der Waals surface area contributed by atoms with Crippen LogP contribution in [-0.2, 0) is 0 Å². The number of likely N-dealkylation sites (N-methyl/N-ethyl adjacent to an activating group) is 1. The molecule has 0 unspecified atom stereocenters. The SMILES string of the molecule is CN1CCN(c2ccc(Nc3nc(-c4ccccn4)ns3)nc2)CC1. The van der Waals surface area contributed by atoms with Gasteiger partial charge in [0.1, 0.15) is 11.5 Å². The first kappa shape index (κ1) is 15.9. The van der Waals surface area contributed by atoms with Gasteiger partial charge < -0.3 is 15.1 Å². The lowest BCUT2D eigenvalue weighted by molar-refractivity contribution is 0.313. The number of pyridine rings is 2. The van der Waals surface area contributed by atoms with Crippen molar-refractivity contribution in [2.45, 2.75) is 0 Å². The Bertz CT molecular complexity index is 811. The van der Waals surface area contributed by atoms with Crippen LogP contribution in [0.3, 0.4) is 0 Å². The van der Waals surface area contributed by atoms with Crippen LogP contribution in [0.2, 0.25) is 0 Å². The predicted molar refractivity (Wildman–Crippen MR) is 100 cm³/mol. The molecule has 4 heterocycles. The molecule has 0 bridgehead atoms. The lowest BCUT2D eigenvalue weighted by Gasteiger charge is -2.33. The summed E-state index contributed by atoms with van der Waals surface area (Å²) >= 11 is 1.30. The van der Waals surface area contributed by atoms with E-state index >= 15 is 0 Å².